The van der Waals surface area contributed by atoms with Crippen molar-refractivity contribution in [3.05, 3.63) is 58.6 Å². The summed E-state index contributed by atoms with van der Waals surface area (Å²) in [5.74, 6) is 0.334. The summed E-state index contributed by atoms with van der Waals surface area (Å²) in [6, 6.07) is 13.9. The number of halogens is 2. The second kappa shape index (κ2) is 8.09. The predicted octanol–water partition coefficient (Wildman–Crippen LogP) is 5.38. The number of benzene rings is 2. The molecule has 0 aliphatic heterocycles. The molecular weight excluding hydrogens is 337 g/mol. The van der Waals surface area contributed by atoms with Gasteiger partial charge in [-0.3, -0.25) is 0 Å². The Morgan fingerprint density at radius 1 is 1.13 bits per heavy atom. The van der Waals surface area contributed by atoms with Crippen molar-refractivity contribution in [1.29, 1.82) is 0 Å². The van der Waals surface area contributed by atoms with E-state index in [-0.39, 0.29) is 0 Å². The molecule has 0 spiro atoms. The van der Waals surface area contributed by atoms with Gasteiger partial charge in [0, 0.05) is 22.3 Å². The Bertz CT molecular complexity index is 678. The van der Waals surface area contributed by atoms with Crippen LogP contribution in [0.25, 0.3) is 0 Å². The Hall–Kier alpha value is -1.91. The smallest absolute Gasteiger partial charge is 0.410 e. The highest BCUT2D eigenvalue weighted by molar-refractivity contribution is 6.31. The highest BCUT2D eigenvalue weighted by Crippen LogP contribution is 2.22. The molecule has 0 aliphatic carbocycles. The van der Waals surface area contributed by atoms with E-state index in [1.54, 1.807) is 37.3 Å². The van der Waals surface area contributed by atoms with Crippen LogP contribution in [0.3, 0.4) is 0 Å². The van der Waals surface area contributed by atoms with Gasteiger partial charge < -0.3 is 14.4 Å². The maximum atomic E-state index is 11.9. The first-order valence-corrected chi connectivity index (χ1v) is 7.91. The molecule has 6 heteroatoms. The van der Waals surface area contributed by atoms with Gasteiger partial charge >= 0.3 is 6.16 Å². The Kier molecular flexibility index (Phi) is 6.13. The van der Waals surface area contributed by atoms with Gasteiger partial charge in [0.15, 0.2) is 6.23 Å². The van der Waals surface area contributed by atoms with Crippen LogP contribution in [0.5, 0.6) is 5.75 Å². The second-order valence-electron chi connectivity index (χ2n) is 4.79. The van der Waals surface area contributed by atoms with E-state index in [1.165, 1.54) is 0 Å². The largest absolute Gasteiger partial charge is 0.515 e. The number of anilines is 1. The van der Waals surface area contributed by atoms with E-state index in [1.807, 2.05) is 30.0 Å². The average molecular weight is 354 g/mol. The standard InChI is InChI=1S/C17H17Cl2NO3/c1-3-20(15-8-4-6-13(18)10-15)12(2)22-17(21)23-16-9-5-7-14(19)11-16/h4-12H,3H2,1-2H3. The number of rotatable bonds is 5. The van der Waals surface area contributed by atoms with Crippen LogP contribution >= 0.6 is 23.2 Å². The number of ether oxygens (including phenoxy) is 2. The molecule has 1 atom stereocenters. The van der Waals surface area contributed by atoms with Gasteiger partial charge in [-0.05, 0) is 50.2 Å². The molecule has 0 radical (unpaired) electrons. The molecule has 0 saturated heterocycles. The Morgan fingerprint density at radius 2 is 1.78 bits per heavy atom. The highest BCUT2D eigenvalue weighted by atomic mass is 35.5. The van der Waals surface area contributed by atoms with Gasteiger partial charge in [0.25, 0.3) is 0 Å². The maximum absolute atomic E-state index is 11.9. The minimum atomic E-state index is -0.791. The van der Waals surface area contributed by atoms with Crippen molar-refractivity contribution in [1.82, 2.24) is 0 Å². The zero-order chi connectivity index (χ0) is 16.8. The molecule has 4 nitrogen and oxygen atoms in total. The van der Waals surface area contributed by atoms with Crippen molar-refractivity contribution >= 4 is 35.0 Å². The molecule has 2 aromatic carbocycles. The SMILES string of the molecule is CCN(c1cccc(Cl)c1)C(C)OC(=O)Oc1cccc(Cl)c1. The summed E-state index contributed by atoms with van der Waals surface area (Å²) >= 11 is 11.9. The first-order chi connectivity index (χ1) is 11.0. The molecule has 23 heavy (non-hydrogen) atoms. The molecule has 0 N–H and O–H groups in total. The van der Waals surface area contributed by atoms with Crippen molar-refractivity contribution in [2.24, 2.45) is 0 Å². The zero-order valence-electron chi connectivity index (χ0n) is 12.8. The van der Waals surface area contributed by atoms with E-state index in [0.29, 0.717) is 22.3 Å². The summed E-state index contributed by atoms with van der Waals surface area (Å²) in [6.07, 6.45) is -1.30. The number of carbonyl (C=O) groups excluding carboxylic acids is 1. The average Bonchev–Trinajstić information content (AvgIpc) is 2.47. The van der Waals surface area contributed by atoms with Crippen LogP contribution in [0.2, 0.25) is 10.0 Å². The van der Waals surface area contributed by atoms with Gasteiger partial charge in [0.05, 0.1) is 0 Å². The summed E-state index contributed by atoms with van der Waals surface area (Å²) in [5, 5.41) is 1.10. The topological polar surface area (TPSA) is 38.8 Å². The molecule has 0 saturated carbocycles. The van der Waals surface area contributed by atoms with Crippen LogP contribution in [0.1, 0.15) is 13.8 Å². The second-order valence-corrected chi connectivity index (χ2v) is 5.67. The van der Waals surface area contributed by atoms with Gasteiger partial charge in [-0.15, -0.1) is 0 Å². The summed E-state index contributed by atoms with van der Waals surface area (Å²) in [7, 11) is 0. The monoisotopic (exact) mass is 353 g/mol. The van der Waals surface area contributed by atoms with Crippen molar-refractivity contribution in [2.45, 2.75) is 20.1 Å². The van der Waals surface area contributed by atoms with Crippen LogP contribution in [-0.2, 0) is 4.74 Å². The first kappa shape index (κ1) is 17.4. The van der Waals surface area contributed by atoms with E-state index in [9.17, 15) is 4.79 Å². The first-order valence-electron chi connectivity index (χ1n) is 7.16. The zero-order valence-corrected chi connectivity index (χ0v) is 14.3. The van der Waals surface area contributed by atoms with Gasteiger partial charge in [-0.25, -0.2) is 4.79 Å². The Morgan fingerprint density at radius 3 is 2.39 bits per heavy atom. The molecule has 0 heterocycles. The fourth-order valence-electron chi connectivity index (χ4n) is 2.16. The van der Waals surface area contributed by atoms with Crippen molar-refractivity contribution in [2.75, 3.05) is 11.4 Å². The molecular formula is C17H17Cl2NO3. The van der Waals surface area contributed by atoms with Crippen LogP contribution < -0.4 is 9.64 Å². The molecule has 122 valence electrons. The van der Waals surface area contributed by atoms with Crippen LogP contribution in [0, 0.1) is 0 Å². The molecule has 1 unspecified atom stereocenters. The third-order valence-electron chi connectivity index (χ3n) is 3.18. The number of hydrogen-bond acceptors (Lipinski definition) is 4. The fourth-order valence-corrected chi connectivity index (χ4v) is 2.52. The van der Waals surface area contributed by atoms with Crippen LogP contribution in [0.15, 0.2) is 48.5 Å². The molecule has 0 amide bonds. The predicted molar refractivity (Wildman–Crippen MR) is 92.5 cm³/mol. The van der Waals surface area contributed by atoms with E-state index < -0.39 is 12.4 Å². The van der Waals surface area contributed by atoms with Crippen molar-refractivity contribution in [3.63, 3.8) is 0 Å². The molecule has 2 aromatic rings. The van der Waals surface area contributed by atoms with Crippen LogP contribution in [0.4, 0.5) is 10.5 Å². The molecule has 0 aliphatic rings. The third-order valence-corrected chi connectivity index (χ3v) is 3.65. The number of hydrogen-bond donors (Lipinski definition) is 0. The summed E-state index contributed by atoms with van der Waals surface area (Å²) < 4.78 is 10.4. The van der Waals surface area contributed by atoms with E-state index in [0.717, 1.165) is 5.69 Å². The normalized spacial score (nSPS) is 11.7. The lowest BCUT2D eigenvalue weighted by Crippen LogP contribution is -2.37. The van der Waals surface area contributed by atoms with E-state index in [2.05, 4.69) is 0 Å². The summed E-state index contributed by atoms with van der Waals surface area (Å²) in [4.78, 5) is 13.8. The lowest BCUT2D eigenvalue weighted by molar-refractivity contribution is 0.0645. The summed E-state index contributed by atoms with van der Waals surface area (Å²) in [5.41, 5.74) is 0.864. The van der Waals surface area contributed by atoms with Gasteiger partial charge in [0.2, 0.25) is 0 Å². The van der Waals surface area contributed by atoms with Crippen molar-refractivity contribution in [3.8, 4) is 5.75 Å². The molecule has 0 fully saturated rings. The lowest BCUT2D eigenvalue weighted by atomic mass is 10.3. The quantitative estimate of drug-likeness (QED) is 0.410. The molecule has 0 bridgehead atoms. The lowest BCUT2D eigenvalue weighted by Gasteiger charge is -2.29. The fraction of sp³-hybridized carbons (Fsp3) is 0.235. The van der Waals surface area contributed by atoms with Crippen LogP contribution in [-0.4, -0.2) is 18.9 Å². The van der Waals surface area contributed by atoms with E-state index >= 15 is 0 Å². The van der Waals surface area contributed by atoms with Crippen molar-refractivity contribution < 1.29 is 14.3 Å². The molecule has 2 rings (SSSR count). The third kappa shape index (κ3) is 5.05. The van der Waals surface area contributed by atoms with Gasteiger partial charge in [0.1, 0.15) is 5.75 Å². The van der Waals surface area contributed by atoms with Gasteiger partial charge in [-0.1, -0.05) is 35.3 Å². The minimum absolute atomic E-state index is 0.334. The number of nitrogens with zero attached hydrogens (tertiary/aromatic N) is 1. The Balaban J connectivity index is 2.01. The Labute approximate surface area is 145 Å². The van der Waals surface area contributed by atoms with Gasteiger partial charge in [-0.2, -0.15) is 0 Å². The molecule has 0 aromatic heterocycles. The minimum Gasteiger partial charge on any atom is -0.410 e. The summed E-state index contributed by atoms with van der Waals surface area (Å²) in [6.45, 7) is 4.37. The maximum Gasteiger partial charge on any atom is 0.515 e. The number of carbonyl (C=O) groups is 1. The van der Waals surface area contributed by atoms with E-state index in [4.69, 9.17) is 32.7 Å². The highest BCUT2D eigenvalue weighted by Gasteiger charge is 2.18.